The average Bonchev–Trinajstić information content (AvgIpc) is 3.60. The van der Waals surface area contributed by atoms with Crippen LogP contribution in [0.15, 0.2) is 121 Å². The number of carbonyl (C=O) groups is 2. The van der Waals surface area contributed by atoms with Gasteiger partial charge >= 0.3 is 18.1 Å². The van der Waals surface area contributed by atoms with Crippen molar-refractivity contribution in [2.75, 3.05) is 27.6 Å². The molecule has 0 spiro atoms. The molecule has 4 aromatic rings. The van der Waals surface area contributed by atoms with Gasteiger partial charge in [0.2, 0.25) is 0 Å². The molecule has 362 valence electrons. The fourth-order valence-electron chi connectivity index (χ4n) is 8.25. The Bertz CT molecular complexity index is 2240. The second kappa shape index (κ2) is 22.8. The highest BCUT2D eigenvalue weighted by Crippen LogP contribution is 2.47. The molecule has 1 aliphatic rings. The van der Waals surface area contributed by atoms with Crippen molar-refractivity contribution in [2.45, 2.75) is 108 Å². The molecule has 1 fully saturated rings. The van der Waals surface area contributed by atoms with Crippen LogP contribution in [0.5, 0.6) is 11.5 Å². The van der Waals surface area contributed by atoms with E-state index in [2.05, 4.69) is 19.6 Å². The first-order valence-electron chi connectivity index (χ1n) is 22.4. The van der Waals surface area contributed by atoms with Crippen LogP contribution in [0.1, 0.15) is 73.2 Å². The molecule has 67 heavy (non-hydrogen) atoms. The van der Waals surface area contributed by atoms with E-state index < -0.39 is 76.0 Å². The SMILES string of the molecule is COCOc1cc(OC)cc(/C=C/C[C@@H]2OC(C)(C)O[C@@H]2C(/C=C\CC(CC(C)(C)[Si](O)(c2ccccc2)c2ccccc2)C(F)(F)F)OC(=O)c2ccccc2)c1C(=O)OCC[Si](C)(C)C. The maximum atomic E-state index is 15.2. The number of ether oxygens (including phenoxy) is 7. The van der Waals surface area contributed by atoms with Crippen molar-refractivity contribution < 1.29 is 60.7 Å². The number of allylic oxidation sites excluding steroid dienone is 1. The van der Waals surface area contributed by atoms with E-state index in [0.29, 0.717) is 21.7 Å². The molecule has 0 saturated carbocycles. The van der Waals surface area contributed by atoms with Gasteiger partial charge in [-0.05, 0) is 84.4 Å². The molecular weight excluding hydrogens is 898 g/mol. The van der Waals surface area contributed by atoms with Gasteiger partial charge in [0.05, 0.1) is 31.3 Å². The number of hydrogen-bond donors (Lipinski definition) is 1. The molecular formula is C52H65F3O10Si2. The molecule has 1 heterocycles. The summed E-state index contributed by atoms with van der Waals surface area (Å²) >= 11 is 0. The first-order chi connectivity index (χ1) is 31.6. The van der Waals surface area contributed by atoms with Gasteiger partial charge in [0.25, 0.3) is 8.32 Å². The predicted molar refractivity (Wildman–Crippen MR) is 259 cm³/mol. The highest BCUT2D eigenvalue weighted by atomic mass is 28.4. The maximum absolute atomic E-state index is 15.2. The summed E-state index contributed by atoms with van der Waals surface area (Å²) in [6.07, 6.45) is -2.00. The van der Waals surface area contributed by atoms with E-state index in [1.807, 2.05) is 12.1 Å². The minimum Gasteiger partial charge on any atom is -0.497 e. The highest BCUT2D eigenvalue weighted by Gasteiger charge is 2.54. The van der Waals surface area contributed by atoms with E-state index in [0.717, 1.165) is 6.04 Å². The fraction of sp³-hybridized carbons (Fsp3) is 0.423. The lowest BCUT2D eigenvalue weighted by molar-refractivity contribution is -0.177. The molecule has 0 bridgehead atoms. The fourth-order valence-corrected chi connectivity index (χ4v) is 12.8. The topological polar surface area (TPSA) is 119 Å². The number of halogens is 3. The normalized spacial score (nSPS) is 17.6. The highest BCUT2D eigenvalue weighted by molar-refractivity contribution is 6.98. The molecule has 5 rings (SSSR count). The Morgan fingerprint density at radius 3 is 2.00 bits per heavy atom. The Morgan fingerprint density at radius 2 is 1.45 bits per heavy atom. The molecule has 15 heteroatoms. The third-order valence-electron chi connectivity index (χ3n) is 11.8. The number of benzene rings is 4. The molecule has 2 unspecified atom stereocenters. The van der Waals surface area contributed by atoms with Crippen molar-refractivity contribution in [1.82, 2.24) is 0 Å². The van der Waals surface area contributed by atoms with Crippen LogP contribution in [0.25, 0.3) is 6.08 Å². The molecule has 1 N–H and O–H groups in total. The number of alkyl halides is 3. The predicted octanol–water partition coefficient (Wildman–Crippen LogP) is 10.4. The van der Waals surface area contributed by atoms with Gasteiger partial charge in [-0.15, -0.1) is 0 Å². The zero-order valence-corrected chi connectivity index (χ0v) is 41.9. The van der Waals surface area contributed by atoms with Gasteiger partial charge in [-0.1, -0.05) is 131 Å². The van der Waals surface area contributed by atoms with Gasteiger partial charge in [0.15, 0.2) is 12.6 Å². The largest absolute Gasteiger partial charge is 0.497 e. The quantitative estimate of drug-likeness (QED) is 0.0353. The van der Waals surface area contributed by atoms with Crippen molar-refractivity contribution in [1.29, 1.82) is 0 Å². The van der Waals surface area contributed by atoms with Crippen LogP contribution >= 0.6 is 0 Å². The lowest BCUT2D eigenvalue weighted by atomic mass is 9.92. The third-order valence-corrected chi connectivity index (χ3v) is 18.0. The Hall–Kier alpha value is -5.04. The summed E-state index contributed by atoms with van der Waals surface area (Å²) in [5.74, 6) is -3.73. The summed E-state index contributed by atoms with van der Waals surface area (Å²) in [7, 11) is -2.37. The second-order valence-corrected chi connectivity index (χ2v) is 28.6. The summed E-state index contributed by atoms with van der Waals surface area (Å²) in [5, 5.41) is 0.0182. The molecule has 0 aromatic heterocycles. The van der Waals surface area contributed by atoms with Gasteiger partial charge in [-0.25, -0.2) is 9.59 Å². The summed E-state index contributed by atoms with van der Waals surface area (Å²) < 4.78 is 86.6. The van der Waals surface area contributed by atoms with Crippen molar-refractivity contribution >= 4 is 44.8 Å². The van der Waals surface area contributed by atoms with Crippen LogP contribution in [-0.2, 0) is 23.7 Å². The molecule has 4 atom stereocenters. The smallest absolute Gasteiger partial charge is 0.392 e. The van der Waals surface area contributed by atoms with Crippen LogP contribution in [0.4, 0.5) is 13.2 Å². The number of methoxy groups -OCH3 is 2. The molecule has 4 aromatic carbocycles. The standard InChI is InChI=1S/C52H65F3O10Si2/c1-50(2,67(58,41-25-15-11-16-26-41)42-27-17-12-18-28-42)35-39(52(53,54)55)24-20-29-43(63-48(56)37-21-13-10-14-22-37)47-44(64-51(3,4)65-47)30-19-23-38-33-40(60-6)34-45(62-36-59-5)46(38)49(57)61-31-32-66(7,8)9/h10-23,25-29,33-34,39,43-44,47,58H,24,30-32,35-36H2,1-9H3/b23-19+,29-20-/t39?,43?,44-,47+/m0/s1. The number of hydrogen-bond acceptors (Lipinski definition) is 10. The lowest BCUT2D eigenvalue weighted by Crippen LogP contribution is -2.65. The van der Waals surface area contributed by atoms with Crippen LogP contribution in [0.3, 0.4) is 0 Å². The molecule has 0 amide bonds. The van der Waals surface area contributed by atoms with Crippen LogP contribution in [-0.4, -0.2) is 91.0 Å². The molecule has 1 saturated heterocycles. The lowest BCUT2D eigenvalue weighted by Gasteiger charge is -2.43. The Balaban J connectivity index is 1.47. The van der Waals surface area contributed by atoms with Crippen molar-refractivity contribution in [3.63, 3.8) is 0 Å². The van der Waals surface area contributed by atoms with Crippen molar-refractivity contribution in [3.8, 4) is 11.5 Å². The Labute approximate surface area is 395 Å². The van der Waals surface area contributed by atoms with Crippen molar-refractivity contribution in [2.24, 2.45) is 5.92 Å². The number of esters is 2. The van der Waals surface area contributed by atoms with Gasteiger partial charge in [-0.3, -0.25) is 0 Å². The van der Waals surface area contributed by atoms with E-state index in [1.165, 1.54) is 26.4 Å². The Kier molecular flexibility index (Phi) is 18.0. The molecule has 0 radical (unpaired) electrons. The number of carbonyl (C=O) groups excluding carboxylic acids is 2. The third kappa shape index (κ3) is 14.2. The molecule has 10 nitrogen and oxygen atoms in total. The Morgan fingerprint density at radius 1 is 0.851 bits per heavy atom. The van der Waals surface area contributed by atoms with Gasteiger partial charge in [-0.2, -0.15) is 13.2 Å². The first kappa shape index (κ1) is 52.9. The summed E-state index contributed by atoms with van der Waals surface area (Å²) in [5.41, 5.74) is 0.838. The maximum Gasteiger partial charge on any atom is 0.392 e. The van der Waals surface area contributed by atoms with Gasteiger partial charge < -0.3 is 38.0 Å². The zero-order valence-electron chi connectivity index (χ0n) is 39.9. The van der Waals surface area contributed by atoms with Crippen molar-refractivity contribution in [3.05, 3.63) is 138 Å². The summed E-state index contributed by atoms with van der Waals surface area (Å²) in [6.45, 7) is 13.5. The van der Waals surface area contributed by atoms with Crippen LogP contribution < -0.4 is 19.8 Å². The molecule has 1 aliphatic heterocycles. The minimum atomic E-state index is -4.64. The van der Waals surface area contributed by atoms with E-state index in [4.69, 9.17) is 33.2 Å². The summed E-state index contributed by atoms with van der Waals surface area (Å²) in [4.78, 5) is 40.0. The second-order valence-electron chi connectivity index (χ2n) is 19.0. The van der Waals surface area contributed by atoms with Crippen LogP contribution in [0, 0.1) is 5.92 Å². The first-order valence-corrected chi connectivity index (χ1v) is 28.1. The van der Waals surface area contributed by atoms with E-state index >= 15 is 13.2 Å². The monoisotopic (exact) mass is 962 g/mol. The van der Waals surface area contributed by atoms with Gasteiger partial charge in [0, 0.05) is 21.3 Å². The minimum absolute atomic E-state index is 0.140. The van der Waals surface area contributed by atoms with Crippen LogP contribution in [0.2, 0.25) is 30.7 Å². The van der Waals surface area contributed by atoms with E-state index in [1.54, 1.807) is 131 Å². The average molecular weight is 963 g/mol. The zero-order chi connectivity index (χ0) is 49.0. The summed E-state index contributed by atoms with van der Waals surface area (Å²) in [6, 6.07) is 30.1. The van der Waals surface area contributed by atoms with E-state index in [-0.39, 0.29) is 43.1 Å². The molecule has 0 aliphatic carbocycles. The van der Waals surface area contributed by atoms with E-state index in [9.17, 15) is 14.4 Å². The van der Waals surface area contributed by atoms with Gasteiger partial charge in [0.1, 0.15) is 29.3 Å². The number of rotatable bonds is 22.